The molecule has 1 atom stereocenters. The largest absolute Gasteiger partial charge is 0.378 e. The van der Waals surface area contributed by atoms with Crippen molar-refractivity contribution in [2.45, 2.75) is 44.3 Å². The van der Waals surface area contributed by atoms with Crippen molar-refractivity contribution in [3.8, 4) is 0 Å². The van der Waals surface area contributed by atoms with E-state index in [-0.39, 0.29) is 11.5 Å². The van der Waals surface area contributed by atoms with E-state index in [1.807, 2.05) is 13.8 Å². The van der Waals surface area contributed by atoms with Gasteiger partial charge in [-0.1, -0.05) is 13.8 Å². The Morgan fingerprint density at radius 1 is 1.08 bits per heavy atom. The summed E-state index contributed by atoms with van der Waals surface area (Å²) in [6.45, 7) is 13.1. The zero-order chi connectivity index (χ0) is 17.6. The van der Waals surface area contributed by atoms with Gasteiger partial charge >= 0.3 is 0 Å². The van der Waals surface area contributed by atoms with Crippen LogP contribution in [0, 0.1) is 5.92 Å². The van der Waals surface area contributed by atoms with E-state index in [4.69, 9.17) is 4.74 Å². The van der Waals surface area contributed by atoms with E-state index in [0.717, 1.165) is 52.0 Å². The average Bonchev–Trinajstić information content (AvgIpc) is 2.59. The molecule has 4 aliphatic rings. The quantitative estimate of drug-likeness (QED) is 0.718. The van der Waals surface area contributed by atoms with Crippen molar-refractivity contribution in [3.63, 3.8) is 0 Å². The standard InChI is InChI=1S/C19H34N4O2/c1-15(2)18(24)21-10-17-11-25-9-8-23(17)19(12-21)13-22(14-19)16-4-6-20(3)7-5-16/h15-17H,4-14H2,1-3H3. The van der Waals surface area contributed by atoms with Gasteiger partial charge in [0, 0.05) is 44.7 Å². The van der Waals surface area contributed by atoms with Crippen molar-refractivity contribution in [1.82, 2.24) is 19.6 Å². The predicted octanol–water partition coefficient (Wildman–Crippen LogP) is 0.334. The third-order valence-corrected chi connectivity index (χ3v) is 6.76. The van der Waals surface area contributed by atoms with Gasteiger partial charge in [-0.25, -0.2) is 0 Å². The molecule has 0 aromatic carbocycles. The fraction of sp³-hybridized carbons (Fsp3) is 0.947. The molecule has 1 amide bonds. The number of likely N-dealkylation sites (tertiary alicyclic amines) is 2. The fourth-order valence-electron chi connectivity index (χ4n) is 5.34. The molecule has 4 saturated heterocycles. The first-order valence-electron chi connectivity index (χ1n) is 10.0. The van der Waals surface area contributed by atoms with Crippen molar-refractivity contribution in [3.05, 3.63) is 0 Å². The van der Waals surface area contributed by atoms with Gasteiger partial charge in [-0.3, -0.25) is 14.6 Å². The topological polar surface area (TPSA) is 39.3 Å². The number of amides is 1. The highest BCUT2D eigenvalue weighted by Crippen LogP contribution is 2.38. The zero-order valence-electron chi connectivity index (χ0n) is 16.1. The molecule has 0 N–H and O–H groups in total. The van der Waals surface area contributed by atoms with Gasteiger partial charge in [-0.05, 0) is 33.0 Å². The maximum atomic E-state index is 12.7. The van der Waals surface area contributed by atoms with E-state index < -0.39 is 0 Å². The monoisotopic (exact) mass is 350 g/mol. The number of piperazine rings is 1. The molecule has 0 saturated carbocycles. The molecule has 1 unspecified atom stereocenters. The van der Waals surface area contributed by atoms with Crippen molar-refractivity contribution >= 4 is 5.91 Å². The number of hydrogen-bond acceptors (Lipinski definition) is 5. The summed E-state index contributed by atoms with van der Waals surface area (Å²) in [5.41, 5.74) is 0.167. The van der Waals surface area contributed by atoms with E-state index >= 15 is 0 Å². The number of morpholine rings is 1. The molecule has 4 aliphatic heterocycles. The lowest BCUT2D eigenvalue weighted by atomic mass is 9.80. The maximum Gasteiger partial charge on any atom is 0.225 e. The Bertz CT molecular complexity index is 498. The van der Waals surface area contributed by atoms with E-state index in [2.05, 4.69) is 26.6 Å². The molecular weight excluding hydrogens is 316 g/mol. The minimum Gasteiger partial charge on any atom is -0.378 e. The van der Waals surface area contributed by atoms with Crippen LogP contribution in [0.1, 0.15) is 26.7 Å². The fourth-order valence-corrected chi connectivity index (χ4v) is 5.34. The Labute approximate surface area is 152 Å². The second-order valence-electron chi connectivity index (χ2n) is 8.96. The summed E-state index contributed by atoms with van der Waals surface area (Å²) in [6, 6.07) is 1.11. The molecule has 1 spiro atoms. The van der Waals surface area contributed by atoms with Crippen molar-refractivity contribution in [1.29, 1.82) is 0 Å². The van der Waals surface area contributed by atoms with Crippen LogP contribution in [-0.2, 0) is 9.53 Å². The van der Waals surface area contributed by atoms with Gasteiger partial charge in [-0.15, -0.1) is 0 Å². The molecule has 4 fully saturated rings. The summed E-state index contributed by atoms with van der Waals surface area (Å²) in [4.78, 5) is 22.6. The molecule has 25 heavy (non-hydrogen) atoms. The van der Waals surface area contributed by atoms with Gasteiger partial charge in [0.2, 0.25) is 5.91 Å². The lowest BCUT2D eigenvalue weighted by molar-refractivity contribution is -0.183. The van der Waals surface area contributed by atoms with Gasteiger partial charge in [0.1, 0.15) is 0 Å². The summed E-state index contributed by atoms with van der Waals surface area (Å²) in [5, 5.41) is 0. The minimum atomic E-state index is 0.0816. The molecule has 0 aromatic heterocycles. The molecule has 6 nitrogen and oxygen atoms in total. The van der Waals surface area contributed by atoms with Crippen LogP contribution in [0.3, 0.4) is 0 Å². The van der Waals surface area contributed by atoms with Gasteiger partial charge in [-0.2, -0.15) is 0 Å². The molecule has 6 heteroatoms. The Morgan fingerprint density at radius 3 is 2.48 bits per heavy atom. The second kappa shape index (κ2) is 6.80. The summed E-state index contributed by atoms with van der Waals surface area (Å²) in [7, 11) is 2.22. The van der Waals surface area contributed by atoms with Crippen LogP contribution in [0.15, 0.2) is 0 Å². The van der Waals surface area contributed by atoms with Crippen molar-refractivity contribution in [2.24, 2.45) is 5.92 Å². The molecular formula is C19H34N4O2. The number of fused-ring (bicyclic) bond motifs is 2. The van der Waals surface area contributed by atoms with Crippen molar-refractivity contribution in [2.75, 3.05) is 66.1 Å². The lowest BCUT2D eigenvalue weighted by Crippen LogP contribution is -2.82. The van der Waals surface area contributed by atoms with E-state index in [9.17, 15) is 4.79 Å². The molecule has 0 radical (unpaired) electrons. The predicted molar refractivity (Wildman–Crippen MR) is 97.6 cm³/mol. The first-order valence-corrected chi connectivity index (χ1v) is 10.0. The number of nitrogens with zero attached hydrogens (tertiary/aromatic N) is 4. The van der Waals surface area contributed by atoms with Crippen LogP contribution in [0.4, 0.5) is 0 Å². The first kappa shape index (κ1) is 17.7. The summed E-state index contributed by atoms with van der Waals surface area (Å²) in [6.07, 6.45) is 2.57. The minimum absolute atomic E-state index is 0.0816. The molecule has 4 heterocycles. The molecule has 4 rings (SSSR count). The molecule has 0 aliphatic carbocycles. The first-order chi connectivity index (χ1) is 12.0. The van der Waals surface area contributed by atoms with Crippen LogP contribution in [-0.4, -0.2) is 109 Å². The van der Waals surface area contributed by atoms with Gasteiger partial charge in [0.05, 0.1) is 24.8 Å². The Hall–Kier alpha value is -0.690. The highest BCUT2D eigenvalue weighted by molar-refractivity contribution is 5.78. The number of carbonyl (C=O) groups is 1. The number of carbonyl (C=O) groups excluding carboxylic acids is 1. The van der Waals surface area contributed by atoms with Crippen LogP contribution in [0.25, 0.3) is 0 Å². The van der Waals surface area contributed by atoms with Crippen LogP contribution < -0.4 is 0 Å². The third kappa shape index (κ3) is 3.22. The summed E-state index contributed by atoms with van der Waals surface area (Å²) < 4.78 is 5.75. The number of hydrogen-bond donors (Lipinski definition) is 0. The van der Waals surface area contributed by atoms with Crippen LogP contribution in [0.5, 0.6) is 0 Å². The highest BCUT2D eigenvalue weighted by Gasteiger charge is 2.56. The molecule has 0 bridgehead atoms. The number of ether oxygens (including phenoxy) is 1. The van der Waals surface area contributed by atoms with Crippen LogP contribution in [0.2, 0.25) is 0 Å². The summed E-state index contributed by atoms with van der Waals surface area (Å²) in [5.74, 6) is 0.389. The Kier molecular flexibility index (Phi) is 4.82. The normalized spacial score (nSPS) is 32.0. The van der Waals surface area contributed by atoms with E-state index in [1.165, 1.54) is 25.9 Å². The lowest BCUT2D eigenvalue weighted by Gasteiger charge is -2.65. The highest BCUT2D eigenvalue weighted by atomic mass is 16.5. The van der Waals surface area contributed by atoms with Crippen molar-refractivity contribution < 1.29 is 9.53 Å². The molecule has 0 aromatic rings. The van der Waals surface area contributed by atoms with E-state index in [1.54, 1.807) is 0 Å². The van der Waals surface area contributed by atoms with Gasteiger partial charge in [0.15, 0.2) is 0 Å². The SMILES string of the molecule is CC(C)C(=O)N1CC2COCCN2C2(C1)CN(C1CCN(C)CC1)C2. The second-order valence-corrected chi connectivity index (χ2v) is 8.96. The van der Waals surface area contributed by atoms with Gasteiger partial charge < -0.3 is 14.5 Å². The van der Waals surface area contributed by atoms with Gasteiger partial charge in [0.25, 0.3) is 0 Å². The van der Waals surface area contributed by atoms with Crippen LogP contribution >= 0.6 is 0 Å². The Balaban J connectivity index is 1.46. The number of piperidine rings is 1. The smallest absolute Gasteiger partial charge is 0.225 e. The summed E-state index contributed by atoms with van der Waals surface area (Å²) >= 11 is 0. The number of rotatable bonds is 2. The zero-order valence-corrected chi connectivity index (χ0v) is 16.1. The third-order valence-electron chi connectivity index (χ3n) is 6.76. The Morgan fingerprint density at radius 2 is 1.80 bits per heavy atom. The average molecular weight is 351 g/mol. The molecule has 142 valence electrons. The maximum absolute atomic E-state index is 12.7. The van der Waals surface area contributed by atoms with E-state index in [0.29, 0.717) is 11.9 Å².